The van der Waals surface area contributed by atoms with Crippen molar-refractivity contribution >= 4 is 29.0 Å². The summed E-state index contributed by atoms with van der Waals surface area (Å²) in [6, 6.07) is 9.12. The SMILES string of the molecule is Cc1nc(NC2CCCC2)cc(C(=O)Nc2ccc(Cl)cc2)n1. The molecule has 5 nitrogen and oxygen atoms in total. The molecule has 0 atom stereocenters. The smallest absolute Gasteiger partial charge is 0.274 e. The molecule has 0 saturated heterocycles. The minimum absolute atomic E-state index is 0.257. The van der Waals surface area contributed by atoms with Crippen LogP contribution in [0.25, 0.3) is 0 Å². The second-order valence-corrected chi connectivity index (χ2v) is 6.21. The fraction of sp³-hybridized carbons (Fsp3) is 0.353. The number of benzene rings is 1. The number of anilines is 2. The summed E-state index contributed by atoms with van der Waals surface area (Å²) in [5.74, 6) is 1.03. The second-order valence-electron chi connectivity index (χ2n) is 5.77. The van der Waals surface area contributed by atoms with Crippen LogP contribution in [0, 0.1) is 6.92 Å². The van der Waals surface area contributed by atoms with Gasteiger partial charge in [-0.2, -0.15) is 0 Å². The van der Waals surface area contributed by atoms with E-state index in [0.29, 0.717) is 34.1 Å². The topological polar surface area (TPSA) is 66.9 Å². The van der Waals surface area contributed by atoms with E-state index in [1.807, 2.05) is 0 Å². The zero-order valence-corrected chi connectivity index (χ0v) is 13.7. The monoisotopic (exact) mass is 330 g/mol. The summed E-state index contributed by atoms with van der Waals surface area (Å²) in [7, 11) is 0. The van der Waals surface area contributed by atoms with E-state index in [1.165, 1.54) is 12.8 Å². The zero-order chi connectivity index (χ0) is 16.2. The van der Waals surface area contributed by atoms with Crippen LogP contribution in [0.1, 0.15) is 42.0 Å². The van der Waals surface area contributed by atoms with E-state index in [0.717, 1.165) is 12.8 Å². The molecule has 1 fully saturated rings. The lowest BCUT2D eigenvalue weighted by atomic mass is 10.2. The van der Waals surface area contributed by atoms with Crippen LogP contribution >= 0.6 is 11.6 Å². The Morgan fingerprint density at radius 1 is 1.17 bits per heavy atom. The number of carbonyl (C=O) groups excluding carboxylic acids is 1. The maximum absolute atomic E-state index is 12.4. The molecule has 0 spiro atoms. The van der Waals surface area contributed by atoms with Gasteiger partial charge in [-0.25, -0.2) is 9.97 Å². The summed E-state index contributed by atoms with van der Waals surface area (Å²) in [5, 5.41) is 6.85. The van der Waals surface area contributed by atoms with Crippen molar-refractivity contribution in [1.82, 2.24) is 9.97 Å². The summed E-state index contributed by atoms with van der Waals surface area (Å²) in [4.78, 5) is 21.0. The quantitative estimate of drug-likeness (QED) is 0.887. The van der Waals surface area contributed by atoms with Crippen molar-refractivity contribution < 1.29 is 4.79 Å². The zero-order valence-electron chi connectivity index (χ0n) is 13.0. The van der Waals surface area contributed by atoms with Gasteiger partial charge in [0, 0.05) is 22.8 Å². The van der Waals surface area contributed by atoms with E-state index in [1.54, 1.807) is 37.3 Å². The van der Waals surface area contributed by atoms with Crippen LogP contribution in [0.3, 0.4) is 0 Å². The molecule has 1 aliphatic carbocycles. The average molecular weight is 331 g/mol. The molecule has 120 valence electrons. The number of nitrogens with one attached hydrogen (secondary N) is 2. The normalized spacial score (nSPS) is 14.7. The maximum Gasteiger partial charge on any atom is 0.274 e. The van der Waals surface area contributed by atoms with Crippen molar-refractivity contribution in [2.24, 2.45) is 0 Å². The number of aryl methyl sites for hydroxylation is 1. The number of carbonyl (C=O) groups is 1. The first-order valence-corrected chi connectivity index (χ1v) is 8.17. The molecular weight excluding hydrogens is 312 g/mol. The highest BCUT2D eigenvalue weighted by molar-refractivity contribution is 6.30. The molecular formula is C17H19ClN4O. The molecule has 1 aliphatic rings. The highest BCUT2D eigenvalue weighted by atomic mass is 35.5. The van der Waals surface area contributed by atoms with Crippen molar-refractivity contribution in [3.63, 3.8) is 0 Å². The number of hydrogen-bond acceptors (Lipinski definition) is 4. The molecule has 1 aromatic carbocycles. The third-order valence-corrected chi connectivity index (χ3v) is 4.13. The molecule has 3 rings (SSSR count). The van der Waals surface area contributed by atoms with Crippen LogP contribution < -0.4 is 10.6 Å². The predicted octanol–water partition coefficient (Wildman–Crippen LogP) is 4.05. The van der Waals surface area contributed by atoms with Gasteiger partial charge in [0.1, 0.15) is 17.3 Å². The molecule has 1 aromatic heterocycles. The van der Waals surface area contributed by atoms with Gasteiger partial charge in [-0.15, -0.1) is 0 Å². The van der Waals surface area contributed by atoms with E-state index in [2.05, 4.69) is 20.6 Å². The Balaban J connectivity index is 1.74. The largest absolute Gasteiger partial charge is 0.367 e. The number of hydrogen-bond donors (Lipinski definition) is 2. The van der Waals surface area contributed by atoms with Gasteiger partial charge in [0.05, 0.1) is 0 Å². The van der Waals surface area contributed by atoms with Crippen molar-refractivity contribution in [1.29, 1.82) is 0 Å². The predicted molar refractivity (Wildman–Crippen MR) is 92.1 cm³/mol. The van der Waals surface area contributed by atoms with E-state index in [4.69, 9.17) is 11.6 Å². The number of nitrogens with zero attached hydrogens (tertiary/aromatic N) is 2. The first-order chi connectivity index (χ1) is 11.1. The molecule has 1 saturated carbocycles. The average Bonchev–Trinajstić information content (AvgIpc) is 3.02. The van der Waals surface area contributed by atoms with Crippen LogP contribution in [0.5, 0.6) is 0 Å². The van der Waals surface area contributed by atoms with Crippen LogP contribution in [-0.4, -0.2) is 21.9 Å². The second kappa shape index (κ2) is 6.96. The molecule has 1 heterocycles. The Morgan fingerprint density at radius 3 is 2.57 bits per heavy atom. The van der Waals surface area contributed by atoms with Crippen LogP contribution in [0.2, 0.25) is 5.02 Å². The lowest BCUT2D eigenvalue weighted by Crippen LogP contribution is -2.19. The molecule has 2 aromatic rings. The molecule has 2 N–H and O–H groups in total. The third kappa shape index (κ3) is 4.20. The molecule has 0 unspecified atom stereocenters. The van der Waals surface area contributed by atoms with Crippen molar-refractivity contribution in [2.75, 3.05) is 10.6 Å². The Kier molecular flexibility index (Phi) is 4.76. The van der Waals surface area contributed by atoms with Crippen molar-refractivity contribution in [3.05, 3.63) is 46.9 Å². The minimum atomic E-state index is -0.257. The summed E-state index contributed by atoms with van der Waals surface area (Å²) in [6.45, 7) is 1.79. The molecule has 0 aliphatic heterocycles. The molecule has 1 amide bonds. The van der Waals surface area contributed by atoms with Gasteiger partial charge < -0.3 is 10.6 Å². The third-order valence-electron chi connectivity index (χ3n) is 3.88. The van der Waals surface area contributed by atoms with Crippen molar-refractivity contribution in [3.8, 4) is 0 Å². The Bertz CT molecular complexity index is 696. The van der Waals surface area contributed by atoms with Crippen LogP contribution in [-0.2, 0) is 0 Å². The van der Waals surface area contributed by atoms with Gasteiger partial charge >= 0.3 is 0 Å². The summed E-state index contributed by atoms with van der Waals surface area (Å²) in [5.41, 5.74) is 1.04. The fourth-order valence-corrected chi connectivity index (χ4v) is 2.89. The summed E-state index contributed by atoms with van der Waals surface area (Å²) in [6.07, 6.45) is 4.78. The number of halogens is 1. The summed E-state index contributed by atoms with van der Waals surface area (Å²) < 4.78 is 0. The van der Waals surface area contributed by atoms with E-state index >= 15 is 0 Å². The van der Waals surface area contributed by atoms with Gasteiger partial charge in [0.15, 0.2) is 0 Å². The summed E-state index contributed by atoms with van der Waals surface area (Å²) >= 11 is 5.85. The Hall–Kier alpha value is -2.14. The minimum Gasteiger partial charge on any atom is -0.367 e. The van der Waals surface area contributed by atoms with Gasteiger partial charge in [0.2, 0.25) is 0 Å². The van der Waals surface area contributed by atoms with E-state index in [-0.39, 0.29) is 5.91 Å². The maximum atomic E-state index is 12.4. The molecule has 6 heteroatoms. The van der Waals surface area contributed by atoms with Crippen molar-refractivity contribution in [2.45, 2.75) is 38.6 Å². The lowest BCUT2D eigenvalue weighted by molar-refractivity contribution is 0.102. The lowest BCUT2D eigenvalue weighted by Gasteiger charge is -2.14. The molecule has 0 bridgehead atoms. The number of aromatic nitrogens is 2. The van der Waals surface area contributed by atoms with E-state index in [9.17, 15) is 4.79 Å². The van der Waals surface area contributed by atoms with Gasteiger partial charge in [-0.3, -0.25) is 4.79 Å². The standard InChI is InChI=1S/C17H19ClN4O/c1-11-19-15(10-16(20-11)21-13-4-2-3-5-13)17(23)22-14-8-6-12(18)7-9-14/h6-10,13H,2-5H2,1H3,(H,22,23)(H,19,20,21). The van der Waals surface area contributed by atoms with Crippen LogP contribution in [0.4, 0.5) is 11.5 Å². The fourth-order valence-electron chi connectivity index (χ4n) is 2.77. The van der Waals surface area contributed by atoms with Gasteiger partial charge in [-0.05, 0) is 44.0 Å². The Morgan fingerprint density at radius 2 is 1.87 bits per heavy atom. The van der Waals surface area contributed by atoms with Gasteiger partial charge in [0.25, 0.3) is 5.91 Å². The first kappa shape index (κ1) is 15.7. The van der Waals surface area contributed by atoms with Gasteiger partial charge in [-0.1, -0.05) is 24.4 Å². The first-order valence-electron chi connectivity index (χ1n) is 7.79. The van der Waals surface area contributed by atoms with E-state index < -0.39 is 0 Å². The number of rotatable bonds is 4. The molecule has 0 radical (unpaired) electrons. The number of amides is 1. The highest BCUT2D eigenvalue weighted by Crippen LogP contribution is 2.22. The van der Waals surface area contributed by atoms with Crippen LogP contribution in [0.15, 0.2) is 30.3 Å². The Labute approximate surface area is 140 Å². The molecule has 23 heavy (non-hydrogen) atoms. The highest BCUT2D eigenvalue weighted by Gasteiger charge is 2.17.